The van der Waals surface area contributed by atoms with Crippen LogP contribution in [0.15, 0.2) is 23.1 Å². The van der Waals surface area contributed by atoms with Gasteiger partial charge in [0.05, 0.1) is 30.6 Å². The summed E-state index contributed by atoms with van der Waals surface area (Å²) in [6, 6.07) is 0.738. The fourth-order valence-corrected chi connectivity index (χ4v) is 6.79. The van der Waals surface area contributed by atoms with Crippen molar-refractivity contribution < 1.29 is 32.9 Å². The van der Waals surface area contributed by atoms with Crippen molar-refractivity contribution >= 4 is 28.3 Å². The Morgan fingerprint density at radius 3 is 2.83 bits per heavy atom. The zero-order valence-corrected chi connectivity index (χ0v) is 22.7. The Bertz CT molecular complexity index is 1790. The lowest BCUT2D eigenvalue weighted by atomic mass is 9.93. The molecule has 10 nitrogen and oxygen atoms in total. The monoisotopic (exact) mass is 613 g/mol. The average Bonchev–Trinajstić information content (AvgIpc) is 3.46. The molecule has 2 aromatic heterocycles. The number of anilines is 1. The highest BCUT2D eigenvalue weighted by molar-refractivity contribution is 6.31. The first kappa shape index (κ1) is 23.3. The van der Waals surface area contributed by atoms with E-state index >= 15 is 0 Å². The van der Waals surface area contributed by atoms with E-state index in [0.29, 0.717) is 29.9 Å². The van der Waals surface area contributed by atoms with Gasteiger partial charge in [0, 0.05) is 46.9 Å². The van der Waals surface area contributed by atoms with Gasteiger partial charge in [-0.2, -0.15) is 32.9 Å². The lowest BCUT2D eigenvalue weighted by Crippen LogP contribution is -2.61. The molecule has 0 radical (unpaired) electrons. The average molecular weight is 614 g/mol. The molecule has 5 fully saturated rings. The number of nitrogens with zero attached hydrogens (tertiary/aromatic N) is 6. The molecular weight excluding hydrogens is 582 g/mol. The third-order valence-corrected chi connectivity index (χ3v) is 8.72. The Kier molecular flexibility index (Phi) is 5.49. The number of ether oxygens (including phenoxy) is 1. The van der Waals surface area contributed by atoms with Gasteiger partial charge in [0.1, 0.15) is 35.4 Å². The summed E-state index contributed by atoms with van der Waals surface area (Å²) in [6.45, 7) is -4.05. The number of alkyl halides is 4. The second kappa shape index (κ2) is 9.91. The van der Waals surface area contributed by atoms with Crippen LogP contribution in [0.5, 0.6) is 11.8 Å². The molecule has 4 atom stereocenters. The van der Waals surface area contributed by atoms with E-state index in [0.717, 1.165) is 23.9 Å². The number of phenolic OH excluding ortho intramolecular Hbond substituents is 1. The van der Waals surface area contributed by atoms with Crippen LogP contribution < -0.4 is 20.5 Å². The van der Waals surface area contributed by atoms with Crippen molar-refractivity contribution in [2.75, 3.05) is 37.6 Å². The molecule has 15 heteroatoms. The van der Waals surface area contributed by atoms with Crippen LogP contribution in [0.25, 0.3) is 16.6 Å². The Morgan fingerprint density at radius 1 is 1.29 bits per heavy atom. The number of halogens is 5. The maximum atomic E-state index is 14.7. The van der Waals surface area contributed by atoms with E-state index in [1.807, 2.05) is 4.90 Å². The molecule has 7 heterocycles. The molecular formula is C27H28ClF4N7O3. The first-order valence-corrected chi connectivity index (χ1v) is 13.9. The number of fused-ring (bicyclic) bond motifs is 5. The molecule has 2 bridgehead atoms. The van der Waals surface area contributed by atoms with Gasteiger partial charge in [0.25, 0.3) is 5.56 Å². The quantitative estimate of drug-likeness (QED) is 0.418. The zero-order valence-electron chi connectivity index (χ0n) is 26.0. The van der Waals surface area contributed by atoms with E-state index in [4.69, 9.17) is 21.8 Å². The van der Waals surface area contributed by atoms with E-state index in [-0.39, 0.29) is 49.1 Å². The number of nitrogens with one attached hydrogen (secondary N) is 1. The van der Waals surface area contributed by atoms with Gasteiger partial charge in [0.15, 0.2) is 0 Å². The molecule has 5 saturated heterocycles. The summed E-state index contributed by atoms with van der Waals surface area (Å²) < 4.78 is 97.6. The van der Waals surface area contributed by atoms with Crippen molar-refractivity contribution in [2.24, 2.45) is 0 Å². The highest BCUT2D eigenvalue weighted by Gasteiger charge is 2.49. The van der Waals surface area contributed by atoms with Gasteiger partial charge in [-0.05, 0) is 38.2 Å². The smallest absolute Gasteiger partial charge is 0.419 e. The summed E-state index contributed by atoms with van der Waals surface area (Å²) in [5, 5.41) is 16.7. The van der Waals surface area contributed by atoms with Crippen LogP contribution in [0.1, 0.15) is 43.2 Å². The molecule has 1 aromatic carbocycles. The molecule has 2 N–H and O–H groups in total. The topological polar surface area (TPSA) is 109 Å². The SMILES string of the molecule is [2H]C1([2H])CC[C@@]2(C([2H])([2H])Oc3nc(N4CC5CCC4CN5)c4cnn(-c5cc(O)cc(Cl)c5C(F)(F)F)c(=O)c4n3)C[C@@H](F)CN12. The van der Waals surface area contributed by atoms with E-state index in [2.05, 4.69) is 20.4 Å². The van der Waals surface area contributed by atoms with Gasteiger partial charge in [-0.3, -0.25) is 9.69 Å². The lowest BCUT2D eigenvalue weighted by Gasteiger charge is -2.46. The van der Waals surface area contributed by atoms with E-state index in [9.17, 15) is 27.5 Å². The van der Waals surface area contributed by atoms with E-state index in [1.54, 1.807) is 0 Å². The van der Waals surface area contributed by atoms with E-state index in [1.165, 1.54) is 0 Å². The maximum absolute atomic E-state index is 14.7. The van der Waals surface area contributed by atoms with Crippen molar-refractivity contribution in [1.29, 1.82) is 0 Å². The van der Waals surface area contributed by atoms with Crippen LogP contribution >= 0.6 is 11.6 Å². The maximum Gasteiger partial charge on any atom is 0.419 e. The molecule has 42 heavy (non-hydrogen) atoms. The summed E-state index contributed by atoms with van der Waals surface area (Å²) in [7, 11) is 0. The summed E-state index contributed by atoms with van der Waals surface area (Å²) >= 11 is 5.86. The number of aromatic hydroxyl groups is 1. The minimum Gasteiger partial charge on any atom is -0.508 e. The van der Waals surface area contributed by atoms with E-state index < -0.39 is 70.1 Å². The summed E-state index contributed by atoms with van der Waals surface area (Å²) in [4.78, 5) is 25.6. The molecule has 0 aliphatic carbocycles. The second-order valence-electron chi connectivity index (χ2n) is 11.1. The fourth-order valence-electron chi connectivity index (χ4n) is 6.47. The number of aromatic nitrogens is 4. The first-order valence-electron chi connectivity index (χ1n) is 15.5. The molecule has 0 spiro atoms. The van der Waals surface area contributed by atoms with Crippen LogP contribution in [0.2, 0.25) is 5.02 Å². The second-order valence-corrected chi connectivity index (χ2v) is 11.5. The summed E-state index contributed by atoms with van der Waals surface area (Å²) in [6.07, 6.45) is -4.27. The standard InChI is InChI=1S/C27H28ClF4N7O3/c28-19-6-17(40)7-20(21(19)27(30,31)32)39-24(41)22-18(10-34-39)23(38-12-15-2-3-16(38)9-33-15)36-25(35-22)42-13-26-4-1-5-37(26)11-14(29)8-26/h6-7,10,14-16,33,40H,1-5,8-9,11-13H2/t14-,15?,16?,26+/m1/s1/i5D2,13D2. The lowest BCUT2D eigenvalue weighted by molar-refractivity contribution is -0.137. The Labute approximate surface area is 247 Å². The van der Waals surface area contributed by atoms with Crippen LogP contribution in [0.3, 0.4) is 0 Å². The van der Waals surface area contributed by atoms with Crippen molar-refractivity contribution in [3.8, 4) is 17.4 Å². The number of benzene rings is 1. The number of hydrogen-bond donors (Lipinski definition) is 2. The number of piperazine rings is 1. The van der Waals surface area contributed by atoms with Crippen LogP contribution in [-0.2, 0) is 6.18 Å². The summed E-state index contributed by atoms with van der Waals surface area (Å²) in [5.74, 6) is -0.498. The van der Waals surface area contributed by atoms with Crippen molar-refractivity contribution in [3.05, 3.63) is 39.3 Å². The number of hydrogen-bond acceptors (Lipinski definition) is 9. The van der Waals surface area contributed by atoms with Gasteiger partial charge >= 0.3 is 12.2 Å². The molecule has 5 aliphatic rings. The highest BCUT2D eigenvalue weighted by atomic mass is 35.5. The number of phenols is 1. The summed E-state index contributed by atoms with van der Waals surface area (Å²) in [5.41, 5.74) is -5.58. The Balaban J connectivity index is 1.40. The van der Waals surface area contributed by atoms with Gasteiger partial charge in [-0.15, -0.1) is 0 Å². The molecule has 2 unspecified atom stereocenters. The minimum absolute atomic E-state index is 0.0649. The van der Waals surface area contributed by atoms with Crippen molar-refractivity contribution in [1.82, 2.24) is 30.0 Å². The van der Waals surface area contributed by atoms with Crippen LogP contribution in [-0.4, -0.2) is 86.2 Å². The first-order chi connectivity index (χ1) is 21.5. The van der Waals surface area contributed by atoms with Crippen LogP contribution in [0, 0.1) is 0 Å². The van der Waals surface area contributed by atoms with Gasteiger partial charge in [-0.1, -0.05) is 11.6 Å². The number of rotatable bonds is 5. The minimum atomic E-state index is -5.04. The third kappa shape index (κ3) is 4.54. The van der Waals surface area contributed by atoms with Crippen LogP contribution in [0.4, 0.5) is 23.4 Å². The normalized spacial score (nSPS) is 30.6. The highest BCUT2D eigenvalue weighted by Crippen LogP contribution is 2.42. The van der Waals surface area contributed by atoms with Crippen molar-refractivity contribution in [2.45, 2.75) is 62.1 Å². The third-order valence-electron chi connectivity index (χ3n) is 8.42. The number of piperidine rings is 2. The fraction of sp³-hybridized carbons (Fsp3) is 0.556. The Hall–Kier alpha value is -3.23. The largest absolute Gasteiger partial charge is 0.508 e. The van der Waals surface area contributed by atoms with Gasteiger partial charge in [0.2, 0.25) is 0 Å². The molecule has 3 aromatic rings. The molecule has 224 valence electrons. The molecule has 8 rings (SSSR count). The molecule has 0 saturated carbocycles. The van der Waals surface area contributed by atoms with Crippen molar-refractivity contribution in [3.63, 3.8) is 0 Å². The Morgan fingerprint density at radius 2 is 2.12 bits per heavy atom. The predicted molar refractivity (Wildman–Crippen MR) is 145 cm³/mol. The van der Waals surface area contributed by atoms with Gasteiger partial charge < -0.3 is 20.1 Å². The van der Waals surface area contributed by atoms with Gasteiger partial charge in [-0.25, -0.2) is 4.39 Å². The zero-order chi connectivity index (χ0) is 33.0. The molecule has 0 amide bonds. The molecule has 5 aliphatic heterocycles. The predicted octanol–water partition coefficient (Wildman–Crippen LogP) is 3.45.